The summed E-state index contributed by atoms with van der Waals surface area (Å²) in [5, 5.41) is 0. The minimum atomic E-state index is -0.537. The highest BCUT2D eigenvalue weighted by molar-refractivity contribution is 9.10. The minimum absolute atomic E-state index is 0.333. The molecular weight excluding hydrogens is 468 g/mol. The molecule has 2 aliphatic rings. The SMILES string of the molecule is CC1=Cc2c(Br)cccc2C1C1=C(C)C([Si](C)C)c2cccc(-c3cc(C)cc(C)c3)c21. The largest absolute Gasteiger partial charge is 0.0705 e. The van der Waals surface area contributed by atoms with Crippen molar-refractivity contribution in [1.82, 2.24) is 0 Å². The van der Waals surface area contributed by atoms with E-state index in [2.05, 4.69) is 117 Å². The zero-order chi connectivity index (χ0) is 22.7. The highest BCUT2D eigenvalue weighted by Crippen LogP contribution is 2.56. The first-order valence-electron chi connectivity index (χ1n) is 11.5. The Kier molecular flexibility index (Phi) is 5.42. The molecule has 0 saturated heterocycles. The average Bonchev–Trinajstić information content (AvgIpc) is 3.20. The molecule has 2 atom stereocenters. The Morgan fingerprint density at radius 1 is 0.812 bits per heavy atom. The molecule has 0 heterocycles. The van der Waals surface area contributed by atoms with Gasteiger partial charge in [0.1, 0.15) is 0 Å². The van der Waals surface area contributed by atoms with E-state index in [4.69, 9.17) is 0 Å². The highest BCUT2D eigenvalue weighted by Gasteiger charge is 2.39. The first-order valence-corrected chi connectivity index (χ1v) is 14.8. The van der Waals surface area contributed by atoms with Crippen LogP contribution in [0, 0.1) is 13.8 Å². The third-order valence-electron chi connectivity index (χ3n) is 7.16. The molecule has 2 aliphatic carbocycles. The van der Waals surface area contributed by atoms with Crippen molar-refractivity contribution in [2.75, 3.05) is 0 Å². The van der Waals surface area contributed by atoms with Gasteiger partial charge in [0.2, 0.25) is 0 Å². The summed E-state index contributed by atoms with van der Waals surface area (Å²) >= 11 is 3.80. The number of aryl methyl sites for hydroxylation is 2. The van der Waals surface area contributed by atoms with E-state index in [-0.39, 0.29) is 0 Å². The summed E-state index contributed by atoms with van der Waals surface area (Å²) in [7, 11) is -0.537. The number of hydrogen-bond acceptors (Lipinski definition) is 0. The van der Waals surface area contributed by atoms with Gasteiger partial charge in [0.25, 0.3) is 0 Å². The van der Waals surface area contributed by atoms with Crippen LogP contribution in [-0.2, 0) is 0 Å². The van der Waals surface area contributed by atoms with Crippen LogP contribution in [-0.4, -0.2) is 8.80 Å². The Labute approximate surface area is 202 Å². The Morgan fingerprint density at radius 3 is 2.16 bits per heavy atom. The zero-order valence-corrected chi connectivity index (χ0v) is 22.4. The standard InChI is InChI=1S/C30H30BrSi/c1-17-13-18(2)15-21(14-17)22-9-7-11-24-29(22)28(20(4)30(24)32(5)6)27-19(3)16-25-23(27)10-8-12-26(25)31/h7-16,27,30H,1-6H3. The van der Waals surface area contributed by atoms with Gasteiger partial charge in [0.05, 0.1) is 8.80 Å². The van der Waals surface area contributed by atoms with Gasteiger partial charge >= 0.3 is 0 Å². The smallest absolute Gasteiger partial charge is 0.0552 e. The highest BCUT2D eigenvalue weighted by atomic mass is 79.9. The molecule has 0 aromatic heterocycles. The van der Waals surface area contributed by atoms with Gasteiger partial charge in [-0.1, -0.05) is 106 Å². The second kappa shape index (κ2) is 8.00. The van der Waals surface area contributed by atoms with Crippen LogP contribution < -0.4 is 0 Å². The average molecular weight is 499 g/mol. The number of rotatable bonds is 3. The van der Waals surface area contributed by atoms with Crippen molar-refractivity contribution < 1.29 is 0 Å². The van der Waals surface area contributed by atoms with Crippen molar-refractivity contribution in [3.8, 4) is 11.1 Å². The molecule has 0 N–H and O–H groups in total. The van der Waals surface area contributed by atoms with Gasteiger partial charge in [-0.3, -0.25) is 0 Å². The lowest BCUT2D eigenvalue weighted by molar-refractivity contribution is 1.03. The van der Waals surface area contributed by atoms with Crippen molar-refractivity contribution in [3.63, 3.8) is 0 Å². The second-order valence-electron chi connectivity index (χ2n) is 9.82. The van der Waals surface area contributed by atoms with Gasteiger partial charge in [0, 0.05) is 10.4 Å². The number of hydrogen-bond donors (Lipinski definition) is 0. The summed E-state index contributed by atoms with van der Waals surface area (Å²) < 4.78 is 1.20. The van der Waals surface area contributed by atoms with E-state index >= 15 is 0 Å². The molecule has 0 aliphatic heterocycles. The lowest BCUT2D eigenvalue weighted by Crippen LogP contribution is -2.15. The Balaban J connectivity index is 1.80. The summed E-state index contributed by atoms with van der Waals surface area (Å²) in [6.45, 7) is 14.1. The summed E-state index contributed by atoms with van der Waals surface area (Å²) in [5.74, 6) is 0.333. The molecule has 0 bridgehead atoms. The number of allylic oxidation sites excluding steroid dienone is 3. The molecule has 32 heavy (non-hydrogen) atoms. The van der Waals surface area contributed by atoms with E-state index in [1.807, 2.05) is 0 Å². The van der Waals surface area contributed by atoms with Gasteiger partial charge in [-0.25, -0.2) is 0 Å². The predicted octanol–water partition coefficient (Wildman–Crippen LogP) is 9.10. The van der Waals surface area contributed by atoms with E-state index in [0.717, 1.165) is 0 Å². The molecule has 2 unspecified atom stereocenters. The lowest BCUT2D eigenvalue weighted by atomic mass is 9.81. The van der Waals surface area contributed by atoms with Crippen LogP contribution in [0.3, 0.4) is 0 Å². The van der Waals surface area contributed by atoms with Crippen LogP contribution in [0.4, 0.5) is 0 Å². The van der Waals surface area contributed by atoms with Gasteiger partial charge in [-0.05, 0) is 78.3 Å². The minimum Gasteiger partial charge on any atom is -0.0705 e. The first-order chi connectivity index (χ1) is 15.3. The third-order valence-corrected chi connectivity index (χ3v) is 9.75. The van der Waals surface area contributed by atoms with E-state index in [1.54, 1.807) is 16.7 Å². The molecule has 3 aromatic carbocycles. The van der Waals surface area contributed by atoms with Crippen LogP contribution in [0.25, 0.3) is 22.8 Å². The fourth-order valence-corrected chi connectivity index (χ4v) is 8.46. The topological polar surface area (TPSA) is 0 Å². The number of halogens is 1. The maximum Gasteiger partial charge on any atom is 0.0552 e. The summed E-state index contributed by atoms with van der Waals surface area (Å²) in [4.78, 5) is 0. The number of fused-ring (bicyclic) bond motifs is 2. The van der Waals surface area contributed by atoms with Gasteiger partial charge < -0.3 is 0 Å². The fourth-order valence-electron chi connectivity index (χ4n) is 6.08. The van der Waals surface area contributed by atoms with Crippen LogP contribution in [0.2, 0.25) is 13.1 Å². The summed E-state index contributed by atoms with van der Waals surface area (Å²) in [6.07, 6.45) is 2.39. The molecule has 2 heteroatoms. The monoisotopic (exact) mass is 497 g/mol. The van der Waals surface area contributed by atoms with Crippen molar-refractivity contribution in [2.45, 2.75) is 52.2 Å². The van der Waals surface area contributed by atoms with Crippen LogP contribution in [0.15, 0.2) is 70.2 Å². The summed E-state index contributed by atoms with van der Waals surface area (Å²) in [5.41, 5.74) is 16.4. The lowest BCUT2D eigenvalue weighted by Gasteiger charge is -2.22. The van der Waals surface area contributed by atoms with Crippen LogP contribution >= 0.6 is 15.9 Å². The molecule has 0 fully saturated rings. The quantitative estimate of drug-likeness (QED) is 0.316. The normalized spacial score (nSPS) is 19.4. The molecule has 161 valence electrons. The second-order valence-corrected chi connectivity index (χ2v) is 13.4. The molecule has 0 spiro atoms. The molecule has 3 aromatic rings. The van der Waals surface area contributed by atoms with E-state index in [9.17, 15) is 0 Å². The summed E-state index contributed by atoms with van der Waals surface area (Å²) in [6, 6.07) is 20.7. The molecule has 0 amide bonds. The zero-order valence-electron chi connectivity index (χ0n) is 19.8. The van der Waals surface area contributed by atoms with Crippen molar-refractivity contribution in [1.29, 1.82) is 0 Å². The Morgan fingerprint density at radius 2 is 1.47 bits per heavy atom. The Hall–Kier alpha value is -2.16. The fraction of sp³-hybridized carbons (Fsp3) is 0.267. The van der Waals surface area contributed by atoms with Crippen LogP contribution in [0.5, 0.6) is 0 Å². The number of benzene rings is 3. The predicted molar refractivity (Wildman–Crippen MR) is 145 cm³/mol. The molecule has 5 rings (SSSR count). The maximum atomic E-state index is 3.80. The maximum absolute atomic E-state index is 3.80. The molecule has 1 radical (unpaired) electrons. The van der Waals surface area contributed by atoms with Crippen LogP contribution in [0.1, 0.15) is 58.7 Å². The third kappa shape index (κ3) is 3.31. The molecular formula is C30H30BrSi. The Bertz CT molecular complexity index is 1290. The van der Waals surface area contributed by atoms with Crippen molar-refractivity contribution >= 4 is 36.4 Å². The first kappa shape index (κ1) is 21.7. The molecule has 0 saturated carbocycles. The van der Waals surface area contributed by atoms with E-state index in [1.165, 1.54) is 49.0 Å². The van der Waals surface area contributed by atoms with E-state index in [0.29, 0.717) is 11.5 Å². The van der Waals surface area contributed by atoms with Gasteiger partial charge in [0.15, 0.2) is 0 Å². The van der Waals surface area contributed by atoms with Gasteiger partial charge in [-0.2, -0.15) is 0 Å². The van der Waals surface area contributed by atoms with E-state index < -0.39 is 8.80 Å². The molecule has 0 nitrogen and oxygen atoms in total. The van der Waals surface area contributed by atoms with Crippen molar-refractivity contribution in [3.05, 3.63) is 104 Å². The van der Waals surface area contributed by atoms with Crippen molar-refractivity contribution in [2.24, 2.45) is 0 Å². The van der Waals surface area contributed by atoms with Gasteiger partial charge in [-0.15, -0.1) is 0 Å².